The summed E-state index contributed by atoms with van der Waals surface area (Å²) in [6.45, 7) is 0.473. The van der Waals surface area contributed by atoms with Crippen LogP contribution < -0.4 is 10.1 Å². The molecule has 0 amide bonds. The zero-order chi connectivity index (χ0) is 16.2. The van der Waals surface area contributed by atoms with E-state index in [-0.39, 0.29) is 17.6 Å². The number of hydrogen-bond acceptors (Lipinski definition) is 4. The highest BCUT2D eigenvalue weighted by Gasteiger charge is 2.27. The van der Waals surface area contributed by atoms with E-state index < -0.39 is 6.10 Å². The average molecular weight is 315 g/mol. The van der Waals surface area contributed by atoms with Crippen LogP contribution in [0.1, 0.15) is 12.0 Å². The Kier molecular flexibility index (Phi) is 4.69. The highest BCUT2D eigenvalue weighted by Crippen LogP contribution is 2.22. The summed E-state index contributed by atoms with van der Waals surface area (Å²) < 4.78 is 18.5. The fourth-order valence-corrected chi connectivity index (χ4v) is 2.60. The van der Waals surface area contributed by atoms with Crippen LogP contribution in [0.25, 0.3) is 0 Å². The Morgan fingerprint density at radius 1 is 1.13 bits per heavy atom. The SMILES string of the molecule is O=C(Cc1ccc(Oc2ccc(F)cc2)cc1)[C@@H]1C[C@@H](O)CN1. The van der Waals surface area contributed by atoms with Gasteiger partial charge in [-0.25, -0.2) is 4.39 Å². The van der Waals surface area contributed by atoms with Crippen molar-refractivity contribution in [1.82, 2.24) is 5.32 Å². The van der Waals surface area contributed by atoms with Gasteiger partial charge in [-0.2, -0.15) is 0 Å². The first-order valence-corrected chi connectivity index (χ1v) is 7.57. The molecular weight excluding hydrogens is 297 g/mol. The predicted octanol–water partition coefficient (Wildman–Crippen LogP) is 2.45. The lowest BCUT2D eigenvalue weighted by Gasteiger charge is -2.10. The Hall–Kier alpha value is -2.24. The molecule has 5 heteroatoms. The van der Waals surface area contributed by atoms with E-state index in [1.165, 1.54) is 12.1 Å². The van der Waals surface area contributed by atoms with Crippen LogP contribution in [0.4, 0.5) is 4.39 Å². The van der Waals surface area contributed by atoms with Crippen molar-refractivity contribution < 1.29 is 19.0 Å². The normalized spacial score (nSPS) is 20.4. The predicted molar refractivity (Wildman–Crippen MR) is 84.0 cm³/mol. The number of halogens is 1. The van der Waals surface area contributed by atoms with Gasteiger partial charge in [0.1, 0.15) is 17.3 Å². The molecule has 0 spiro atoms. The molecule has 120 valence electrons. The molecule has 1 fully saturated rings. The number of nitrogens with one attached hydrogen (secondary N) is 1. The van der Waals surface area contributed by atoms with E-state index in [0.29, 0.717) is 30.9 Å². The van der Waals surface area contributed by atoms with Crippen molar-refractivity contribution in [3.63, 3.8) is 0 Å². The Balaban J connectivity index is 1.58. The minimum absolute atomic E-state index is 0.0775. The molecule has 3 rings (SSSR count). The Labute approximate surface area is 133 Å². The van der Waals surface area contributed by atoms with Gasteiger partial charge < -0.3 is 15.2 Å². The van der Waals surface area contributed by atoms with Crippen molar-refractivity contribution in [2.45, 2.75) is 25.0 Å². The van der Waals surface area contributed by atoms with Crippen molar-refractivity contribution in [3.8, 4) is 11.5 Å². The quantitative estimate of drug-likeness (QED) is 0.890. The molecule has 0 aliphatic carbocycles. The fourth-order valence-electron chi connectivity index (χ4n) is 2.60. The summed E-state index contributed by atoms with van der Waals surface area (Å²) in [5, 5.41) is 12.5. The maximum absolute atomic E-state index is 12.8. The number of carbonyl (C=O) groups excluding carboxylic acids is 1. The topological polar surface area (TPSA) is 58.6 Å². The molecule has 2 aromatic carbocycles. The smallest absolute Gasteiger partial charge is 0.154 e. The molecule has 1 saturated heterocycles. The standard InChI is InChI=1S/C18H18FNO3/c19-13-3-7-16(8-4-13)23-15-5-1-12(2-6-15)9-18(22)17-10-14(21)11-20-17/h1-8,14,17,20-21H,9-11H2/t14-,17+/m1/s1. The molecule has 2 N–H and O–H groups in total. The van der Waals surface area contributed by atoms with Crippen LogP contribution in [0.15, 0.2) is 48.5 Å². The minimum Gasteiger partial charge on any atom is -0.457 e. The van der Waals surface area contributed by atoms with Gasteiger partial charge in [-0.15, -0.1) is 0 Å². The van der Waals surface area contributed by atoms with Gasteiger partial charge in [-0.1, -0.05) is 12.1 Å². The van der Waals surface area contributed by atoms with Crippen molar-refractivity contribution in [3.05, 3.63) is 59.9 Å². The van der Waals surface area contributed by atoms with Crippen LogP contribution in [0, 0.1) is 5.82 Å². The molecule has 0 bridgehead atoms. The lowest BCUT2D eigenvalue weighted by molar-refractivity contribution is -0.120. The molecule has 0 saturated carbocycles. The molecule has 0 radical (unpaired) electrons. The van der Waals surface area contributed by atoms with Crippen LogP contribution in [-0.4, -0.2) is 29.6 Å². The van der Waals surface area contributed by atoms with E-state index in [4.69, 9.17) is 4.74 Å². The van der Waals surface area contributed by atoms with Crippen LogP contribution in [-0.2, 0) is 11.2 Å². The maximum Gasteiger partial charge on any atom is 0.154 e. The summed E-state index contributed by atoms with van der Waals surface area (Å²) >= 11 is 0. The van der Waals surface area contributed by atoms with Crippen LogP contribution >= 0.6 is 0 Å². The minimum atomic E-state index is -0.435. The number of rotatable bonds is 5. The number of carbonyl (C=O) groups is 1. The van der Waals surface area contributed by atoms with Gasteiger partial charge >= 0.3 is 0 Å². The zero-order valence-electron chi connectivity index (χ0n) is 12.5. The van der Waals surface area contributed by atoms with Crippen molar-refractivity contribution in [2.24, 2.45) is 0 Å². The second-order valence-corrected chi connectivity index (χ2v) is 5.69. The van der Waals surface area contributed by atoms with Crippen LogP contribution in [0.5, 0.6) is 11.5 Å². The summed E-state index contributed by atoms with van der Waals surface area (Å²) in [6, 6.07) is 12.8. The Morgan fingerprint density at radius 2 is 1.74 bits per heavy atom. The van der Waals surface area contributed by atoms with Gasteiger partial charge in [0.25, 0.3) is 0 Å². The molecule has 2 aromatic rings. The van der Waals surface area contributed by atoms with Crippen molar-refractivity contribution in [2.75, 3.05) is 6.54 Å². The Morgan fingerprint density at radius 3 is 2.30 bits per heavy atom. The van der Waals surface area contributed by atoms with Crippen LogP contribution in [0.3, 0.4) is 0 Å². The molecule has 0 unspecified atom stereocenters. The fraction of sp³-hybridized carbons (Fsp3) is 0.278. The number of ether oxygens (including phenoxy) is 1. The Bertz CT molecular complexity index is 670. The third-order valence-corrected chi connectivity index (χ3v) is 3.85. The molecule has 1 aliphatic rings. The van der Waals surface area contributed by atoms with E-state index in [0.717, 1.165) is 5.56 Å². The number of Topliss-reactive ketones (excluding diaryl/α,β-unsaturated/α-hetero) is 1. The van der Waals surface area contributed by atoms with E-state index >= 15 is 0 Å². The van der Waals surface area contributed by atoms with Crippen molar-refractivity contribution in [1.29, 1.82) is 0 Å². The number of aliphatic hydroxyl groups excluding tert-OH is 1. The summed E-state index contributed by atoms with van der Waals surface area (Å²) in [6.07, 6.45) is 0.363. The highest BCUT2D eigenvalue weighted by molar-refractivity contribution is 5.86. The first-order valence-electron chi connectivity index (χ1n) is 7.57. The second-order valence-electron chi connectivity index (χ2n) is 5.69. The van der Waals surface area contributed by atoms with Gasteiger partial charge in [-0.3, -0.25) is 4.79 Å². The largest absolute Gasteiger partial charge is 0.457 e. The second kappa shape index (κ2) is 6.89. The van der Waals surface area contributed by atoms with Crippen LogP contribution in [0.2, 0.25) is 0 Å². The number of benzene rings is 2. The van der Waals surface area contributed by atoms with Gasteiger partial charge in [-0.05, 0) is 48.4 Å². The highest BCUT2D eigenvalue weighted by atomic mass is 19.1. The molecule has 2 atom stereocenters. The zero-order valence-corrected chi connectivity index (χ0v) is 12.5. The van der Waals surface area contributed by atoms with Gasteiger partial charge in [0, 0.05) is 13.0 Å². The van der Waals surface area contributed by atoms with Gasteiger partial charge in [0.05, 0.1) is 12.1 Å². The number of aliphatic hydroxyl groups is 1. The van der Waals surface area contributed by atoms with E-state index in [1.54, 1.807) is 24.3 Å². The van der Waals surface area contributed by atoms with E-state index in [2.05, 4.69) is 5.32 Å². The van der Waals surface area contributed by atoms with Crippen molar-refractivity contribution >= 4 is 5.78 Å². The summed E-state index contributed by atoms with van der Waals surface area (Å²) in [5.74, 6) is 0.951. The molecular formula is C18H18FNO3. The average Bonchev–Trinajstić information content (AvgIpc) is 2.98. The van der Waals surface area contributed by atoms with Gasteiger partial charge in [0.2, 0.25) is 0 Å². The molecule has 0 aromatic heterocycles. The summed E-state index contributed by atoms with van der Waals surface area (Å²) in [5.41, 5.74) is 0.893. The first kappa shape index (κ1) is 15.6. The van der Waals surface area contributed by atoms with E-state index in [9.17, 15) is 14.3 Å². The molecule has 4 nitrogen and oxygen atoms in total. The number of ketones is 1. The third kappa shape index (κ3) is 4.15. The summed E-state index contributed by atoms with van der Waals surface area (Å²) in [7, 11) is 0. The maximum atomic E-state index is 12.8. The van der Waals surface area contributed by atoms with Gasteiger partial charge in [0.15, 0.2) is 5.78 Å². The summed E-state index contributed by atoms with van der Waals surface area (Å²) in [4.78, 5) is 12.1. The molecule has 23 heavy (non-hydrogen) atoms. The molecule has 1 aliphatic heterocycles. The molecule has 1 heterocycles. The lowest BCUT2D eigenvalue weighted by Crippen LogP contribution is -2.31. The van der Waals surface area contributed by atoms with E-state index in [1.807, 2.05) is 12.1 Å². The number of β-amino-alcohol motifs (C(OH)–C–C–N with tert-alkyl or cyclic N) is 1. The third-order valence-electron chi connectivity index (χ3n) is 3.85. The monoisotopic (exact) mass is 315 g/mol. The number of hydrogen-bond donors (Lipinski definition) is 2. The first-order chi connectivity index (χ1) is 11.1. The lowest BCUT2D eigenvalue weighted by atomic mass is 10.0.